The average Bonchev–Trinajstić information content (AvgIpc) is 3.23. The highest BCUT2D eigenvalue weighted by Crippen LogP contribution is 2.15. The van der Waals surface area contributed by atoms with E-state index in [4.69, 9.17) is 9.36 Å². The van der Waals surface area contributed by atoms with Gasteiger partial charge in [-0.15, -0.1) is 0 Å². The van der Waals surface area contributed by atoms with Crippen LogP contribution in [-0.2, 0) is 22.6 Å². The zero-order valence-electron chi connectivity index (χ0n) is 12.1. The molecule has 114 valence electrons. The number of oxime groups is 1. The van der Waals surface area contributed by atoms with Crippen LogP contribution in [0.3, 0.4) is 0 Å². The van der Waals surface area contributed by atoms with Gasteiger partial charge in [0.05, 0.1) is 12.3 Å². The summed E-state index contributed by atoms with van der Waals surface area (Å²) >= 11 is 0. The first kappa shape index (κ1) is 14.3. The molecule has 0 radical (unpaired) electrons. The van der Waals surface area contributed by atoms with E-state index in [2.05, 4.69) is 27.8 Å². The summed E-state index contributed by atoms with van der Waals surface area (Å²) in [6.07, 6.45) is 3.17. The Kier molecular flexibility index (Phi) is 4.48. The number of benzene rings is 1. The van der Waals surface area contributed by atoms with E-state index < -0.39 is 6.10 Å². The summed E-state index contributed by atoms with van der Waals surface area (Å²) < 4.78 is 4.71. The highest BCUT2D eigenvalue weighted by Gasteiger charge is 2.27. The van der Waals surface area contributed by atoms with E-state index in [0.717, 1.165) is 18.6 Å². The molecule has 1 unspecified atom stereocenters. The van der Waals surface area contributed by atoms with Gasteiger partial charge in [-0.3, -0.25) is 4.79 Å². The van der Waals surface area contributed by atoms with Crippen LogP contribution in [-0.4, -0.2) is 22.9 Å². The molecule has 2 heterocycles. The molecule has 1 N–H and O–H groups in total. The van der Waals surface area contributed by atoms with Crippen LogP contribution in [0.15, 0.2) is 52.3 Å². The van der Waals surface area contributed by atoms with Gasteiger partial charge in [0.25, 0.3) is 5.91 Å². The fourth-order valence-corrected chi connectivity index (χ4v) is 2.27. The SMILES string of the molecule is O=C(NCc1ccon1)C1CC(CCc2ccccc2)=NO1. The third kappa shape index (κ3) is 3.72. The zero-order chi connectivity index (χ0) is 15.2. The minimum atomic E-state index is -0.544. The van der Waals surface area contributed by atoms with E-state index in [9.17, 15) is 4.79 Å². The van der Waals surface area contributed by atoms with Crippen LogP contribution in [0.25, 0.3) is 0 Å². The normalized spacial score (nSPS) is 16.9. The molecule has 0 bridgehead atoms. The number of amides is 1. The fraction of sp³-hybridized carbons (Fsp3) is 0.312. The van der Waals surface area contributed by atoms with Gasteiger partial charge in [0.2, 0.25) is 6.10 Å². The number of nitrogens with zero attached hydrogens (tertiary/aromatic N) is 2. The first-order chi connectivity index (χ1) is 10.8. The van der Waals surface area contributed by atoms with Crippen molar-refractivity contribution >= 4 is 11.6 Å². The van der Waals surface area contributed by atoms with Gasteiger partial charge in [0, 0.05) is 12.5 Å². The topological polar surface area (TPSA) is 76.7 Å². The molecule has 1 aromatic heterocycles. The van der Waals surface area contributed by atoms with Gasteiger partial charge in [-0.05, 0) is 18.4 Å². The lowest BCUT2D eigenvalue weighted by molar-refractivity contribution is -0.131. The van der Waals surface area contributed by atoms with Crippen LogP contribution in [0.4, 0.5) is 0 Å². The highest BCUT2D eigenvalue weighted by molar-refractivity contribution is 5.92. The molecular weight excluding hydrogens is 282 g/mol. The van der Waals surface area contributed by atoms with Gasteiger partial charge in [0.1, 0.15) is 12.0 Å². The second kappa shape index (κ2) is 6.89. The molecule has 1 aliphatic heterocycles. The van der Waals surface area contributed by atoms with Crippen molar-refractivity contribution in [1.29, 1.82) is 0 Å². The maximum Gasteiger partial charge on any atom is 0.264 e. The van der Waals surface area contributed by atoms with E-state index >= 15 is 0 Å². The van der Waals surface area contributed by atoms with Gasteiger partial charge < -0.3 is 14.7 Å². The van der Waals surface area contributed by atoms with Gasteiger partial charge >= 0.3 is 0 Å². The Hall–Kier alpha value is -2.63. The van der Waals surface area contributed by atoms with Gasteiger partial charge in [-0.1, -0.05) is 40.6 Å². The van der Waals surface area contributed by atoms with Crippen molar-refractivity contribution in [3.8, 4) is 0 Å². The number of rotatable bonds is 6. The van der Waals surface area contributed by atoms with Crippen molar-refractivity contribution in [3.05, 3.63) is 53.9 Å². The molecule has 0 aliphatic carbocycles. The van der Waals surface area contributed by atoms with E-state index in [1.165, 1.54) is 11.8 Å². The van der Waals surface area contributed by atoms with Gasteiger partial charge in [-0.2, -0.15) is 0 Å². The Labute approximate surface area is 128 Å². The maximum absolute atomic E-state index is 12.0. The quantitative estimate of drug-likeness (QED) is 0.886. The Morgan fingerprint density at radius 3 is 2.86 bits per heavy atom. The van der Waals surface area contributed by atoms with E-state index in [1.54, 1.807) is 6.07 Å². The van der Waals surface area contributed by atoms with Crippen molar-refractivity contribution in [3.63, 3.8) is 0 Å². The number of carbonyl (C=O) groups is 1. The standard InChI is InChI=1S/C16H17N3O3/c20-16(17-11-14-8-9-21-18-14)15-10-13(19-22-15)7-6-12-4-2-1-3-5-12/h1-5,8-9,15H,6-7,10-11H2,(H,17,20). The summed E-state index contributed by atoms with van der Waals surface area (Å²) in [6.45, 7) is 0.328. The fourth-order valence-electron chi connectivity index (χ4n) is 2.27. The van der Waals surface area contributed by atoms with Gasteiger partial charge in [-0.25, -0.2) is 0 Å². The lowest BCUT2D eigenvalue weighted by Gasteiger charge is -2.07. The van der Waals surface area contributed by atoms with E-state index in [-0.39, 0.29) is 5.91 Å². The van der Waals surface area contributed by atoms with Crippen LogP contribution < -0.4 is 5.32 Å². The molecule has 0 spiro atoms. The van der Waals surface area contributed by atoms with Crippen molar-refractivity contribution < 1.29 is 14.2 Å². The zero-order valence-corrected chi connectivity index (χ0v) is 12.1. The molecule has 1 amide bonds. The first-order valence-electron chi connectivity index (χ1n) is 7.24. The lowest BCUT2D eigenvalue weighted by atomic mass is 10.0. The summed E-state index contributed by atoms with van der Waals surface area (Å²) in [5.41, 5.74) is 2.85. The van der Waals surface area contributed by atoms with Crippen molar-refractivity contribution in [1.82, 2.24) is 10.5 Å². The third-order valence-corrected chi connectivity index (χ3v) is 3.50. The van der Waals surface area contributed by atoms with E-state index in [1.807, 2.05) is 18.2 Å². The van der Waals surface area contributed by atoms with E-state index in [0.29, 0.717) is 18.7 Å². The smallest absolute Gasteiger partial charge is 0.264 e. The minimum absolute atomic E-state index is 0.179. The predicted molar refractivity (Wildman–Crippen MR) is 80.0 cm³/mol. The van der Waals surface area contributed by atoms with Crippen molar-refractivity contribution in [2.24, 2.45) is 5.16 Å². The number of hydrogen-bond donors (Lipinski definition) is 1. The number of carbonyl (C=O) groups excluding carboxylic acids is 1. The highest BCUT2D eigenvalue weighted by atomic mass is 16.6. The number of hydrogen-bond acceptors (Lipinski definition) is 5. The van der Waals surface area contributed by atoms with Crippen LogP contribution in [0, 0.1) is 0 Å². The molecule has 6 nitrogen and oxygen atoms in total. The van der Waals surface area contributed by atoms with Crippen LogP contribution >= 0.6 is 0 Å². The summed E-state index contributed by atoms with van der Waals surface area (Å²) in [5, 5.41) is 10.5. The first-order valence-corrected chi connectivity index (χ1v) is 7.24. The maximum atomic E-state index is 12.0. The molecule has 6 heteroatoms. The number of nitrogens with one attached hydrogen (secondary N) is 1. The summed E-state index contributed by atoms with van der Waals surface area (Å²) in [5.74, 6) is -0.179. The van der Waals surface area contributed by atoms with Crippen molar-refractivity contribution in [2.75, 3.05) is 0 Å². The molecular formula is C16H17N3O3. The Morgan fingerprint density at radius 1 is 1.23 bits per heavy atom. The largest absolute Gasteiger partial charge is 0.382 e. The molecule has 2 aromatic rings. The molecule has 0 saturated carbocycles. The molecule has 1 aliphatic rings. The Balaban J connectivity index is 1.42. The van der Waals surface area contributed by atoms with Gasteiger partial charge in [0.15, 0.2) is 0 Å². The lowest BCUT2D eigenvalue weighted by Crippen LogP contribution is -2.34. The van der Waals surface area contributed by atoms with Crippen molar-refractivity contribution in [2.45, 2.75) is 31.9 Å². The summed E-state index contributed by atoms with van der Waals surface area (Å²) in [6, 6.07) is 11.9. The van der Waals surface area contributed by atoms with Crippen LogP contribution in [0.2, 0.25) is 0 Å². The van der Waals surface area contributed by atoms with Crippen LogP contribution in [0.5, 0.6) is 0 Å². The van der Waals surface area contributed by atoms with Crippen LogP contribution in [0.1, 0.15) is 24.1 Å². The Morgan fingerprint density at radius 2 is 2.09 bits per heavy atom. The molecule has 1 atom stereocenters. The molecule has 3 rings (SSSR count). The second-order valence-corrected chi connectivity index (χ2v) is 5.15. The molecule has 1 aromatic carbocycles. The Bertz CT molecular complexity index is 638. The number of aryl methyl sites for hydroxylation is 1. The third-order valence-electron chi connectivity index (χ3n) is 3.50. The second-order valence-electron chi connectivity index (χ2n) is 5.15. The predicted octanol–water partition coefficient (Wildman–Crippen LogP) is 2.07. The number of aromatic nitrogens is 1. The average molecular weight is 299 g/mol. The minimum Gasteiger partial charge on any atom is -0.382 e. The monoisotopic (exact) mass is 299 g/mol. The molecule has 0 saturated heterocycles. The summed E-state index contributed by atoms with van der Waals surface area (Å²) in [7, 11) is 0. The summed E-state index contributed by atoms with van der Waals surface area (Å²) in [4.78, 5) is 17.2. The molecule has 0 fully saturated rings. The molecule has 22 heavy (non-hydrogen) atoms.